The minimum atomic E-state index is -0.683. The number of amides is 2. The number of thioether (sulfide) groups is 1. The first-order valence-electron chi connectivity index (χ1n) is 8.36. The minimum Gasteiger partial charge on any atom is -0.368 e. The molecule has 1 heterocycles. The van der Waals surface area contributed by atoms with Crippen LogP contribution < -0.4 is 16.7 Å². The van der Waals surface area contributed by atoms with E-state index in [-0.39, 0.29) is 12.5 Å². The van der Waals surface area contributed by atoms with Crippen LogP contribution in [0.2, 0.25) is 0 Å². The molecule has 0 spiro atoms. The Morgan fingerprint density at radius 2 is 1.75 bits per heavy atom. The summed E-state index contributed by atoms with van der Waals surface area (Å²) >= 11 is 1.53. The van der Waals surface area contributed by atoms with E-state index in [0.29, 0.717) is 17.1 Å². The molecule has 0 aliphatic rings. The lowest BCUT2D eigenvalue weighted by molar-refractivity contribution is -0.118. The van der Waals surface area contributed by atoms with E-state index < -0.39 is 11.6 Å². The van der Waals surface area contributed by atoms with Crippen LogP contribution in [0.3, 0.4) is 0 Å². The third-order valence-electron chi connectivity index (χ3n) is 3.69. The Bertz CT molecular complexity index is 1010. The van der Waals surface area contributed by atoms with E-state index in [1.165, 1.54) is 17.3 Å². The number of hydrogen-bond acceptors (Lipinski definition) is 6. The van der Waals surface area contributed by atoms with E-state index in [2.05, 4.69) is 15.7 Å². The summed E-state index contributed by atoms with van der Waals surface area (Å²) in [6.07, 6.45) is 0. The van der Waals surface area contributed by atoms with Crippen LogP contribution in [0.4, 0.5) is 5.69 Å². The van der Waals surface area contributed by atoms with E-state index in [9.17, 15) is 14.4 Å². The Morgan fingerprint density at radius 1 is 1.04 bits per heavy atom. The highest BCUT2D eigenvalue weighted by Gasteiger charge is 2.11. The molecule has 1 aromatic heterocycles. The first-order chi connectivity index (χ1) is 13.5. The zero-order valence-corrected chi connectivity index (χ0v) is 15.6. The molecule has 28 heavy (non-hydrogen) atoms. The third kappa shape index (κ3) is 5.07. The van der Waals surface area contributed by atoms with Crippen molar-refractivity contribution in [3.05, 3.63) is 70.6 Å². The van der Waals surface area contributed by atoms with Gasteiger partial charge in [0.15, 0.2) is 0 Å². The maximum Gasteiger partial charge on any atom is 0.368 e. The molecule has 0 atom stereocenters. The van der Waals surface area contributed by atoms with Gasteiger partial charge in [-0.1, -0.05) is 30.3 Å². The predicted molar refractivity (Wildman–Crippen MR) is 106 cm³/mol. The molecule has 144 valence electrons. The standard InChI is InChI=1S/C18H18N6O3S/c19-16(25)10-23-18(27)24(22-21-23)15-8-6-14(7-9-15)20-17(26)12-28-11-13-4-2-1-3-5-13/h1-9H,10-12H2,(H2,19,25)(H,20,26). The molecule has 0 radical (unpaired) electrons. The maximum atomic E-state index is 12.1. The van der Waals surface area contributed by atoms with Crippen molar-refractivity contribution in [2.45, 2.75) is 12.3 Å². The van der Waals surface area contributed by atoms with Gasteiger partial charge in [0.1, 0.15) is 6.54 Å². The van der Waals surface area contributed by atoms with Crippen molar-refractivity contribution in [1.29, 1.82) is 0 Å². The molecule has 0 fully saturated rings. The van der Waals surface area contributed by atoms with E-state index in [1.54, 1.807) is 24.3 Å². The number of primary amides is 1. The van der Waals surface area contributed by atoms with Gasteiger partial charge in [0.2, 0.25) is 11.8 Å². The second-order valence-corrected chi connectivity index (χ2v) is 6.86. The van der Waals surface area contributed by atoms with Crippen LogP contribution in [0.25, 0.3) is 5.69 Å². The van der Waals surface area contributed by atoms with E-state index in [4.69, 9.17) is 5.73 Å². The first-order valence-corrected chi connectivity index (χ1v) is 9.51. The topological polar surface area (TPSA) is 125 Å². The van der Waals surface area contributed by atoms with Gasteiger partial charge >= 0.3 is 5.69 Å². The van der Waals surface area contributed by atoms with Crippen LogP contribution in [-0.4, -0.2) is 37.4 Å². The first kappa shape index (κ1) is 19.4. The van der Waals surface area contributed by atoms with Crippen molar-refractivity contribution in [1.82, 2.24) is 19.8 Å². The lowest BCUT2D eigenvalue weighted by Gasteiger charge is -2.06. The van der Waals surface area contributed by atoms with Crippen molar-refractivity contribution in [3.63, 3.8) is 0 Å². The maximum absolute atomic E-state index is 12.1. The van der Waals surface area contributed by atoms with Gasteiger partial charge in [-0.25, -0.2) is 4.79 Å². The average Bonchev–Trinajstić information content (AvgIpc) is 3.03. The molecule has 2 amide bonds. The molecule has 0 aliphatic heterocycles. The van der Waals surface area contributed by atoms with Crippen LogP contribution >= 0.6 is 11.8 Å². The zero-order valence-electron chi connectivity index (χ0n) is 14.8. The highest BCUT2D eigenvalue weighted by molar-refractivity contribution is 7.99. The number of hydrogen-bond donors (Lipinski definition) is 2. The van der Waals surface area contributed by atoms with Crippen LogP contribution in [0.1, 0.15) is 5.56 Å². The van der Waals surface area contributed by atoms with Gasteiger partial charge < -0.3 is 11.1 Å². The molecule has 3 aromatic rings. The fraction of sp³-hybridized carbons (Fsp3) is 0.167. The average molecular weight is 398 g/mol. The van der Waals surface area contributed by atoms with Gasteiger partial charge in [-0.2, -0.15) is 9.36 Å². The molecular weight excluding hydrogens is 380 g/mol. The highest BCUT2D eigenvalue weighted by Crippen LogP contribution is 2.14. The molecule has 2 aromatic carbocycles. The van der Waals surface area contributed by atoms with Gasteiger partial charge in [-0.15, -0.1) is 11.8 Å². The van der Waals surface area contributed by atoms with Crippen molar-refractivity contribution in [2.24, 2.45) is 5.73 Å². The molecule has 3 rings (SSSR count). The molecule has 0 unspecified atom stereocenters. The summed E-state index contributed by atoms with van der Waals surface area (Å²) in [5.41, 5.74) is 6.71. The lowest BCUT2D eigenvalue weighted by atomic mass is 10.2. The van der Waals surface area contributed by atoms with Crippen molar-refractivity contribution in [2.75, 3.05) is 11.1 Å². The van der Waals surface area contributed by atoms with Crippen LogP contribution in [0.15, 0.2) is 59.4 Å². The largest absolute Gasteiger partial charge is 0.368 e. The van der Waals surface area contributed by atoms with Crippen molar-refractivity contribution in [3.8, 4) is 5.69 Å². The smallest absolute Gasteiger partial charge is 0.368 e. The summed E-state index contributed by atoms with van der Waals surface area (Å²) in [6.45, 7) is -0.340. The summed E-state index contributed by atoms with van der Waals surface area (Å²) in [5, 5.41) is 10.1. The van der Waals surface area contributed by atoms with Crippen LogP contribution in [0, 0.1) is 0 Å². The fourth-order valence-corrected chi connectivity index (χ4v) is 3.19. The summed E-state index contributed by atoms with van der Waals surface area (Å²) in [6, 6.07) is 16.5. The van der Waals surface area contributed by atoms with Gasteiger partial charge in [0.25, 0.3) is 0 Å². The summed E-state index contributed by atoms with van der Waals surface area (Å²) in [7, 11) is 0. The second kappa shape index (κ2) is 9.00. The predicted octanol–water partition coefficient (Wildman–Crippen LogP) is 0.786. The van der Waals surface area contributed by atoms with Gasteiger partial charge in [0.05, 0.1) is 11.4 Å². The molecule has 0 saturated heterocycles. The Kier molecular flexibility index (Phi) is 6.22. The highest BCUT2D eigenvalue weighted by atomic mass is 32.2. The number of benzene rings is 2. The summed E-state index contributed by atoms with van der Waals surface area (Å²) < 4.78 is 1.92. The number of anilines is 1. The quantitative estimate of drug-likeness (QED) is 0.578. The molecule has 0 saturated carbocycles. The van der Waals surface area contributed by atoms with Crippen molar-refractivity contribution < 1.29 is 9.59 Å². The third-order valence-corrected chi connectivity index (χ3v) is 4.69. The molecule has 3 N–H and O–H groups in total. The number of carbonyl (C=O) groups excluding carboxylic acids is 2. The number of nitrogens with one attached hydrogen (secondary N) is 1. The van der Waals surface area contributed by atoms with E-state index in [0.717, 1.165) is 15.1 Å². The Balaban J connectivity index is 1.55. The zero-order chi connectivity index (χ0) is 19.9. The van der Waals surface area contributed by atoms with E-state index >= 15 is 0 Å². The lowest BCUT2D eigenvalue weighted by Crippen LogP contribution is -2.30. The van der Waals surface area contributed by atoms with E-state index in [1.807, 2.05) is 30.3 Å². The fourth-order valence-electron chi connectivity index (χ4n) is 2.40. The minimum absolute atomic E-state index is 0.113. The Morgan fingerprint density at radius 3 is 2.43 bits per heavy atom. The normalized spacial score (nSPS) is 10.6. The SMILES string of the molecule is NC(=O)Cn1nnn(-c2ccc(NC(=O)CSCc3ccccc3)cc2)c1=O. The Labute approximate surface area is 164 Å². The van der Waals surface area contributed by atoms with Gasteiger partial charge in [0, 0.05) is 11.4 Å². The number of carbonyl (C=O) groups is 2. The number of nitrogens with zero attached hydrogens (tertiary/aromatic N) is 4. The summed E-state index contributed by atoms with van der Waals surface area (Å²) in [5.74, 6) is 0.296. The monoisotopic (exact) mass is 398 g/mol. The molecule has 0 aliphatic carbocycles. The molecule has 0 bridgehead atoms. The number of aromatic nitrogens is 4. The van der Waals surface area contributed by atoms with Crippen LogP contribution in [0.5, 0.6) is 0 Å². The summed E-state index contributed by atoms with van der Waals surface area (Å²) in [4.78, 5) is 35.1. The number of rotatable bonds is 8. The Hall–Kier alpha value is -3.40. The van der Waals surface area contributed by atoms with Gasteiger partial charge in [-0.05, 0) is 40.3 Å². The number of nitrogens with two attached hydrogens (primary N) is 1. The molecule has 9 nitrogen and oxygen atoms in total. The van der Waals surface area contributed by atoms with Gasteiger partial charge in [-0.3, -0.25) is 9.59 Å². The van der Waals surface area contributed by atoms with Crippen molar-refractivity contribution >= 4 is 29.3 Å². The second-order valence-electron chi connectivity index (χ2n) is 5.87. The number of tetrazole rings is 1. The molecule has 10 heteroatoms. The molecular formula is C18H18N6O3S. The van der Waals surface area contributed by atoms with Crippen LogP contribution in [-0.2, 0) is 21.9 Å².